The van der Waals surface area contributed by atoms with Crippen molar-refractivity contribution in [3.63, 3.8) is 0 Å². The van der Waals surface area contributed by atoms with Crippen molar-refractivity contribution in [2.75, 3.05) is 13.6 Å². The molecule has 2 unspecified atom stereocenters. The maximum absolute atomic E-state index is 12.7. The minimum Gasteiger partial charge on any atom is -0.506 e. The molecule has 1 aliphatic carbocycles. The molecule has 2 aromatic carbocycles. The van der Waals surface area contributed by atoms with Gasteiger partial charge in [-0.05, 0) is 18.9 Å². The van der Waals surface area contributed by atoms with Crippen LogP contribution in [0.3, 0.4) is 0 Å². The number of rotatable bonds is 3. The van der Waals surface area contributed by atoms with Gasteiger partial charge in [0.15, 0.2) is 0 Å². The molecule has 2 atom stereocenters. The molecule has 0 saturated heterocycles. The molecule has 1 aliphatic rings. The molecule has 23 heavy (non-hydrogen) atoms. The highest BCUT2D eigenvalue weighted by atomic mass is 35.5. The minimum atomic E-state index is -0.348. The lowest BCUT2D eigenvalue weighted by Gasteiger charge is -2.24. The number of fused-ring (bicyclic) bond motifs is 1. The second-order valence-corrected chi connectivity index (χ2v) is 6.65. The number of amides is 1. The van der Waals surface area contributed by atoms with Gasteiger partial charge in [0.2, 0.25) is 0 Å². The van der Waals surface area contributed by atoms with Crippen LogP contribution in [0.15, 0.2) is 30.3 Å². The van der Waals surface area contributed by atoms with E-state index in [1.54, 1.807) is 24.1 Å². The number of nitrogens with zero attached hydrogens (tertiary/aromatic N) is 1. The molecule has 1 fully saturated rings. The molecule has 1 amide bonds. The predicted molar refractivity (Wildman–Crippen MR) is 90.9 cm³/mol. The molecule has 2 aromatic rings. The Morgan fingerprint density at radius 2 is 2.00 bits per heavy atom. The molecule has 0 aliphatic heterocycles. The Morgan fingerprint density at radius 3 is 2.65 bits per heavy atom. The van der Waals surface area contributed by atoms with Gasteiger partial charge in [-0.2, -0.15) is 0 Å². The fourth-order valence-corrected chi connectivity index (χ4v) is 3.62. The van der Waals surface area contributed by atoms with E-state index in [-0.39, 0.29) is 29.2 Å². The van der Waals surface area contributed by atoms with Gasteiger partial charge in [-0.25, -0.2) is 0 Å². The molecule has 4 nitrogen and oxygen atoms in total. The lowest BCUT2D eigenvalue weighted by molar-refractivity contribution is 0.0691. The summed E-state index contributed by atoms with van der Waals surface area (Å²) in [6, 6.07) is 8.70. The van der Waals surface area contributed by atoms with Crippen LogP contribution in [0.4, 0.5) is 0 Å². The van der Waals surface area contributed by atoms with E-state index in [1.165, 1.54) is 6.07 Å². The van der Waals surface area contributed by atoms with Crippen LogP contribution >= 0.6 is 11.6 Å². The minimum absolute atomic E-state index is 0.0474. The molecular formula is C18H20ClNO3. The van der Waals surface area contributed by atoms with Crippen molar-refractivity contribution < 1.29 is 15.0 Å². The first-order valence-corrected chi connectivity index (χ1v) is 8.20. The molecule has 3 rings (SSSR count). The van der Waals surface area contributed by atoms with E-state index in [1.807, 2.05) is 12.1 Å². The van der Waals surface area contributed by atoms with Crippen LogP contribution in [0.25, 0.3) is 10.8 Å². The van der Waals surface area contributed by atoms with E-state index >= 15 is 0 Å². The number of aliphatic hydroxyl groups excluding tert-OH is 1. The summed E-state index contributed by atoms with van der Waals surface area (Å²) in [6.07, 6.45) is 2.35. The van der Waals surface area contributed by atoms with Crippen LogP contribution in [-0.4, -0.2) is 40.7 Å². The Labute approximate surface area is 140 Å². The molecule has 1 saturated carbocycles. The molecule has 0 bridgehead atoms. The lowest BCUT2D eigenvalue weighted by atomic mass is 10.0. The number of carbonyl (C=O) groups excluding carboxylic acids is 1. The Balaban J connectivity index is 1.90. The molecule has 0 aromatic heterocycles. The highest BCUT2D eigenvalue weighted by molar-refractivity contribution is 6.36. The molecule has 0 radical (unpaired) electrons. The van der Waals surface area contributed by atoms with Crippen molar-refractivity contribution in [3.05, 3.63) is 40.9 Å². The number of halogens is 1. The topological polar surface area (TPSA) is 60.8 Å². The van der Waals surface area contributed by atoms with Crippen LogP contribution in [0.5, 0.6) is 5.75 Å². The standard InChI is InChI=1S/C18H20ClNO3/c1-20(10-11-5-4-8-16(11)21)18(23)14-9-15(19)12-6-2-3-7-13(12)17(14)22/h2-3,6-7,9,11,16,21-22H,4-5,8,10H2,1H3. The summed E-state index contributed by atoms with van der Waals surface area (Å²) in [5, 5.41) is 22.1. The number of benzene rings is 2. The third kappa shape index (κ3) is 3.01. The highest BCUT2D eigenvalue weighted by Gasteiger charge is 2.28. The zero-order valence-corrected chi connectivity index (χ0v) is 13.8. The Bertz CT molecular complexity index is 746. The average Bonchev–Trinajstić information content (AvgIpc) is 2.95. The van der Waals surface area contributed by atoms with Crippen LogP contribution < -0.4 is 0 Å². The summed E-state index contributed by atoms with van der Waals surface area (Å²) in [4.78, 5) is 14.2. The molecule has 0 spiro atoms. The molecule has 5 heteroatoms. The number of carbonyl (C=O) groups is 1. The zero-order valence-electron chi connectivity index (χ0n) is 13.0. The molecule has 0 heterocycles. The van der Waals surface area contributed by atoms with E-state index in [0.717, 1.165) is 24.6 Å². The van der Waals surface area contributed by atoms with Gasteiger partial charge < -0.3 is 15.1 Å². The van der Waals surface area contributed by atoms with Crippen molar-refractivity contribution in [1.82, 2.24) is 4.90 Å². The number of aliphatic hydroxyl groups is 1. The highest BCUT2D eigenvalue weighted by Crippen LogP contribution is 2.35. The van der Waals surface area contributed by atoms with Gasteiger partial charge in [0.1, 0.15) is 5.75 Å². The number of hydrogen-bond donors (Lipinski definition) is 2. The molecule has 2 N–H and O–H groups in total. The summed E-state index contributed by atoms with van der Waals surface area (Å²) < 4.78 is 0. The fourth-order valence-electron chi connectivity index (χ4n) is 3.35. The summed E-state index contributed by atoms with van der Waals surface area (Å²) in [6.45, 7) is 0.476. The van der Waals surface area contributed by atoms with E-state index < -0.39 is 0 Å². The van der Waals surface area contributed by atoms with Gasteiger partial charge >= 0.3 is 0 Å². The first kappa shape index (κ1) is 16.1. The average molecular weight is 334 g/mol. The van der Waals surface area contributed by atoms with Crippen LogP contribution in [0.1, 0.15) is 29.6 Å². The van der Waals surface area contributed by atoms with Crippen molar-refractivity contribution >= 4 is 28.3 Å². The Kier molecular flexibility index (Phi) is 4.46. The van der Waals surface area contributed by atoms with Gasteiger partial charge in [-0.1, -0.05) is 42.3 Å². The third-order valence-corrected chi connectivity index (χ3v) is 4.98. The van der Waals surface area contributed by atoms with E-state index in [2.05, 4.69) is 0 Å². The van der Waals surface area contributed by atoms with Gasteiger partial charge in [-0.15, -0.1) is 0 Å². The second-order valence-electron chi connectivity index (χ2n) is 6.24. The Morgan fingerprint density at radius 1 is 1.30 bits per heavy atom. The first-order valence-electron chi connectivity index (χ1n) is 7.82. The van der Waals surface area contributed by atoms with Gasteiger partial charge in [-0.3, -0.25) is 4.79 Å². The molecule has 122 valence electrons. The van der Waals surface area contributed by atoms with Gasteiger partial charge in [0, 0.05) is 35.3 Å². The lowest BCUT2D eigenvalue weighted by Crippen LogP contribution is -2.34. The van der Waals surface area contributed by atoms with E-state index in [9.17, 15) is 15.0 Å². The van der Waals surface area contributed by atoms with Crippen molar-refractivity contribution in [3.8, 4) is 5.75 Å². The summed E-state index contributed by atoms with van der Waals surface area (Å²) in [7, 11) is 1.69. The zero-order chi connectivity index (χ0) is 16.6. The number of aromatic hydroxyl groups is 1. The maximum atomic E-state index is 12.7. The summed E-state index contributed by atoms with van der Waals surface area (Å²) in [5.41, 5.74) is 0.198. The third-order valence-electron chi connectivity index (χ3n) is 4.67. The normalized spacial score (nSPS) is 20.8. The van der Waals surface area contributed by atoms with Crippen molar-refractivity contribution in [2.45, 2.75) is 25.4 Å². The van der Waals surface area contributed by atoms with E-state index in [0.29, 0.717) is 17.0 Å². The summed E-state index contributed by atoms with van der Waals surface area (Å²) in [5.74, 6) is -0.231. The van der Waals surface area contributed by atoms with Crippen LogP contribution in [0, 0.1) is 5.92 Å². The number of hydrogen-bond acceptors (Lipinski definition) is 3. The predicted octanol–water partition coefficient (Wildman–Crippen LogP) is 3.43. The quantitative estimate of drug-likeness (QED) is 0.904. The molecular weight excluding hydrogens is 314 g/mol. The largest absolute Gasteiger partial charge is 0.506 e. The number of phenols is 1. The monoisotopic (exact) mass is 333 g/mol. The first-order chi connectivity index (χ1) is 11.0. The fraction of sp³-hybridized carbons (Fsp3) is 0.389. The van der Waals surface area contributed by atoms with Crippen LogP contribution in [-0.2, 0) is 0 Å². The SMILES string of the molecule is CN(CC1CCCC1O)C(=O)c1cc(Cl)c2ccccc2c1O. The van der Waals surface area contributed by atoms with Crippen LogP contribution in [0.2, 0.25) is 5.02 Å². The van der Waals surface area contributed by atoms with Crippen molar-refractivity contribution in [1.29, 1.82) is 0 Å². The van der Waals surface area contributed by atoms with Crippen molar-refractivity contribution in [2.24, 2.45) is 5.92 Å². The summed E-state index contributed by atoms with van der Waals surface area (Å²) >= 11 is 6.25. The maximum Gasteiger partial charge on any atom is 0.257 e. The van der Waals surface area contributed by atoms with Gasteiger partial charge in [0.05, 0.1) is 11.7 Å². The van der Waals surface area contributed by atoms with E-state index in [4.69, 9.17) is 11.6 Å². The second kappa shape index (κ2) is 6.38. The number of phenolic OH excluding ortho intramolecular Hbond substituents is 1. The smallest absolute Gasteiger partial charge is 0.257 e. The van der Waals surface area contributed by atoms with Gasteiger partial charge in [0.25, 0.3) is 5.91 Å². The Hall–Kier alpha value is -1.78.